The Labute approximate surface area is 411 Å². The van der Waals surface area contributed by atoms with Gasteiger partial charge in [0.1, 0.15) is 35.4 Å². The van der Waals surface area contributed by atoms with Gasteiger partial charge in [0.25, 0.3) is 0 Å². The number of nitrogens with two attached hydrogens (primary N) is 2. The molecule has 0 saturated carbocycles. The van der Waals surface area contributed by atoms with Crippen LogP contribution in [0.4, 0.5) is 0 Å². The second kappa shape index (κ2) is 32.3. The number of likely N-dealkylation sites (tertiary alicyclic amines) is 1. The number of imide groups is 1. The van der Waals surface area contributed by atoms with Crippen molar-refractivity contribution in [2.75, 3.05) is 51.6 Å². The maximum absolute atomic E-state index is 13.4. The van der Waals surface area contributed by atoms with Crippen molar-refractivity contribution in [2.24, 2.45) is 5.73 Å². The number of carbonyl (C=O) groups excluding carboxylic acids is 6. The van der Waals surface area contributed by atoms with Crippen LogP contribution in [0.1, 0.15) is 107 Å². The summed E-state index contributed by atoms with van der Waals surface area (Å²) in [5, 5.41) is 8.74. The molecule has 0 spiro atoms. The van der Waals surface area contributed by atoms with Crippen LogP contribution in [-0.4, -0.2) is 122 Å². The number of fused-ring (bicyclic) bond motifs is 1. The summed E-state index contributed by atoms with van der Waals surface area (Å²) in [6, 6.07) is 9.41. The molecule has 3 amide bonds. The van der Waals surface area contributed by atoms with Gasteiger partial charge in [0.15, 0.2) is 11.5 Å². The van der Waals surface area contributed by atoms with Crippen molar-refractivity contribution in [1.29, 1.82) is 0 Å². The number of aromatic nitrogens is 2. The molecular weight excluding hydrogens is 960 g/mol. The molecule has 2 fully saturated rings. The number of nitrogens with one attached hydrogen (secondary N) is 1. The molecule has 1 unspecified atom stereocenters. The Morgan fingerprint density at radius 2 is 1.57 bits per heavy atom. The number of para-hydroxylation sites is 2. The van der Waals surface area contributed by atoms with E-state index in [1.54, 1.807) is 43.0 Å². The summed E-state index contributed by atoms with van der Waals surface area (Å²) in [6.45, 7) is 3.57. The van der Waals surface area contributed by atoms with Crippen LogP contribution in [-0.2, 0) is 35.1 Å². The highest BCUT2D eigenvalue weighted by Gasteiger charge is 2.38. The first-order valence-corrected chi connectivity index (χ1v) is 26.3. The van der Waals surface area contributed by atoms with Gasteiger partial charge in [-0.3, -0.25) is 48.9 Å². The molecule has 2 aromatic carbocycles. The summed E-state index contributed by atoms with van der Waals surface area (Å²) in [5.74, 6) is 1.73. The van der Waals surface area contributed by atoms with Gasteiger partial charge in [0.05, 0.1) is 36.1 Å². The van der Waals surface area contributed by atoms with E-state index >= 15 is 0 Å². The van der Waals surface area contributed by atoms with Gasteiger partial charge in [0.2, 0.25) is 28.6 Å². The van der Waals surface area contributed by atoms with Crippen LogP contribution in [0.3, 0.4) is 0 Å². The van der Waals surface area contributed by atoms with Gasteiger partial charge in [-0.05, 0) is 56.4 Å². The maximum atomic E-state index is 13.4. The average Bonchev–Trinajstić information content (AvgIpc) is 3.92. The molecule has 2 aliphatic heterocycles. The number of benzene rings is 2. The molecule has 2 aliphatic rings. The van der Waals surface area contributed by atoms with Crippen molar-refractivity contribution in [2.45, 2.75) is 103 Å². The van der Waals surface area contributed by atoms with E-state index in [2.05, 4.69) is 38.2 Å². The third-order valence-electron chi connectivity index (χ3n) is 9.81. The normalized spacial score (nSPS) is 14.2. The molecular formula is C45H66N6O13PS3+. The Morgan fingerprint density at radius 1 is 0.956 bits per heavy atom. The van der Waals surface area contributed by atoms with Gasteiger partial charge in [0, 0.05) is 82.3 Å². The Kier molecular flexibility index (Phi) is 28.3. The molecule has 0 radical (unpaired) electrons. The Hall–Kier alpha value is -4.57. The number of phosphoric ester groups is 1. The molecule has 23 heteroatoms. The summed E-state index contributed by atoms with van der Waals surface area (Å²) in [5.41, 5.74) is 5.72. The van der Waals surface area contributed by atoms with Gasteiger partial charge in [-0.2, -0.15) is 12.6 Å². The summed E-state index contributed by atoms with van der Waals surface area (Å²) in [6.07, 6.45) is 6.53. The molecule has 5 rings (SSSR count). The number of phosphoric acid groups is 1. The monoisotopic (exact) mass is 1030 g/mol. The lowest BCUT2D eigenvalue weighted by atomic mass is 10.1. The second-order valence-corrected chi connectivity index (χ2v) is 18.9. The molecule has 3 aromatic rings. The molecule has 1 atom stereocenters. The first kappa shape index (κ1) is 59.6. The molecule has 19 nitrogen and oxygen atoms in total. The van der Waals surface area contributed by atoms with E-state index in [0.717, 1.165) is 28.5 Å². The minimum Gasteiger partial charge on any atom is -0.496 e. The zero-order valence-corrected chi connectivity index (χ0v) is 42.8. The van der Waals surface area contributed by atoms with Gasteiger partial charge >= 0.3 is 7.82 Å². The topological polar surface area (TPSA) is 290 Å². The highest BCUT2D eigenvalue weighted by Crippen LogP contribution is 2.42. The van der Waals surface area contributed by atoms with Crippen LogP contribution in [0.25, 0.3) is 11.0 Å². The number of thioether (sulfide) groups is 2. The fourth-order valence-corrected chi connectivity index (χ4v) is 8.76. The molecule has 376 valence electrons. The van der Waals surface area contributed by atoms with Gasteiger partial charge in [-0.15, -0.1) is 11.8 Å². The predicted molar refractivity (Wildman–Crippen MR) is 267 cm³/mol. The number of nitrogens with zero attached hydrogens (tertiary/aromatic N) is 3. The lowest BCUT2D eigenvalue weighted by Crippen LogP contribution is -2.35. The van der Waals surface area contributed by atoms with Crippen LogP contribution in [0, 0.1) is 0 Å². The fourth-order valence-electron chi connectivity index (χ4n) is 6.26. The van der Waals surface area contributed by atoms with Crippen LogP contribution in [0.5, 0.6) is 23.1 Å². The smallest absolute Gasteiger partial charge is 0.496 e. The number of Topliss-reactive ketones (excluding diaryl/α,β-unsaturated/α-hetero) is 3. The number of ether oxygens (including phenoxy) is 3. The number of rotatable bonds is 25. The summed E-state index contributed by atoms with van der Waals surface area (Å²) < 4.78 is 32.8. The fraction of sp³-hybridized carbons (Fsp3) is 0.533. The molecule has 0 aliphatic carbocycles. The SMILES string of the molecule is CCC(=O)CCCS.CCC(=O)CCCSC1CC(=O)N(CCC(=O)NCCCC(=O)c2nc3ccccc3nc2OCc2c(OC)cc(OP(=O)(O)O)cc2OC)C1=O.CN.[NH2+]=C1CCCS1. The zero-order valence-electron chi connectivity index (χ0n) is 39.4. The number of carbonyl (C=O) groups is 6. The van der Waals surface area contributed by atoms with E-state index < -0.39 is 18.9 Å². The van der Waals surface area contributed by atoms with Crippen molar-refractivity contribution in [3.63, 3.8) is 0 Å². The van der Waals surface area contributed by atoms with E-state index in [9.17, 15) is 43.1 Å². The van der Waals surface area contributed by atoms with Crippen molar-refractivity contribution < 1.29 is 67.3 Å². The molecule has 1 aromatic heterocycles. The van der Waals surface area contributed by atoms with E-state index in [1.165, 1.54) is 57.3 Å². The number of amides is 3. The molecule has 7 N–H and O–H groups in total. The zero-order chi connectivity index (χ0) is 50.6. The van der Waals surface area contributed by atoms with Crippen molar-refractivity contribution in [1.82, 2.24) is 20.2 Å². The lowest BCUT2D eigenvalue weighted by Gasteiger charge is -2.17. The minimum absolute atomic E-state index is 0.0173. The van der Waals surface area contributed by atoms with Crippen LogP contribution in [0.2, 0.25) is 0 Å². The second-order valence-electron chi connectivity index (χ2n) is 14.8. The predicted octanol–water partition coefficient (Wildman–Crippen LogP) is 4.71. The van der Waals surface area contributed by atoms with Gasteiger partial charge < -0.3 is 29.8 Å². The molecule has 0 bridgehead atoms. The lowest BCUT2D eigenvalue weighted by molar-refractivity contribution is -0.138. The third-order valence-corrected chi connectivity index (χ3v) is 12.9. The summed E-state index contributed by atoms with van der Waals surface area (Å²) in [7, 11) is -0.685. The van der Waals surface area contributed by atoms with Gasteiger partial charge in [-0.1, -0.05) is 37.7 Å². The van der Waals surface area contributed by atoms with Crippen LogP contribution >= 0.6 is 44.0 Å². The largest absolute Gasteiger partial charge is 0.524 e. The van der Waals surface area contributed by atoms with E-state index in [1.807, 2.05) is 6.92 Å². The number of methoxy groups -OCH3 is 2. The van der Waals surface area contributed by atoms with Crippen LogP contribution in [0.15, 0.2) is 36.4 Å². The van der Waals surface area contributed by atoms with Gasteiger partial charge in [-0.25, -0.2) is 14.5 Å². The highest BCUT2D eigenvalue weighted by molar-refractivity contribution is 8.14. The Morgan fingerprint density at radius 3 is 2.10 bits per heavy atom. The van der Waals surface area contributed by atoms with Crippen molar-refractivity contribution >= 4 is 95.1 Å². The van der Waals surface area contributed by atoms with Crippen molar-refractivity contribution in [3.05, 3.63) is 47.7 Å². The molecule has 3 heterocycles. The van der Waals surface area contributed by atoms with Crippen LogP contribution < -0.4 is 35.2 Å². The molecule has 68 heavy (non-hydrogen) atoms. The van der Waals surface area contributed by atoms with E-state index in [0.29, 0.717) is 60.2 Å². The quantitative estimate of drug-likeness (QED) is 0.0220. The maximum Gasteiger partial charge on any atom is 0.524 e. The Balaban J connectivity index is 0.000000843. The molecule has 2 saturated heterocycles. The van der Waals surface area contributed by atoms with E-state index in [4.69, 9.17) is 19.6 Å². The minimum atomic E-state index is -4.86. The third kappa shape index (κ3) is 21.4. The number of thiol groups is 1. The first-order chi connectivity index (χ1) is 32.5. The average molecular weight is 1030 g/mol. The summed E-state index contributed by atoms with van der Waals surface area (Å²) >= 11 is 7.13. The summed E-state index contributed by atoms with van der Waals surface area (Å²) in [4.78, 5) is 102. The van der Waals surface area contributed by atoms with Crippen molar-refractivity contribution in [3.8, 4) is 23.1 Å². The number of ketones is 3. The van der Waals surface area contributed by atoms with E-state index in [-0.39, 0.29) is 97.7 Å². The number of hydrogen-bond donors (Lipinski definition) is 6. The Bertz CT molecular complexity index is 2180. The first-order valence-electron chi connectivity index (χ1n) is 22.1. The highest BCUT2D eigenvalue weighted by atomic mass is 32.2. The number of hydrogen-bond acceptors (Lipinski definition) is 17. The standard InChI is InChI=1S/C34H41N4O12PS.C6H12OS.C4H7NS.CH5N/c1-4-21(39)9-8-16-52-29-19-31(42)38(34(29)43)15-13-30(41)35-14-7-12-26(40)32-33(37-25-11-6-5-10-24(25)36-32)49-20-23-27(47-2)17-22(18-28(23)48-3)50-51(44,45)46;1-2-6(7)4-3-5-8;5-4-2-1-3-6-4;1-2/h5-6,10-11,17-18,29H,4,7-9,12-16,19-20H2,1-3H3,(H,35,41)(H2,44,45,46);8H,2-5H2,1H3;5H,1-3H2;2H2,1H3/p+1.